The maximum absolute atomic E-state index is 12.4. The van der Waals surface area contributed by atoms with E-state index in [0.29, 0.717) is 24.3 Å². The lowest BCUT2D eigenvalue weighted by Crippen LogP contribution is -2.40. The third kappa shape index (κ3) is 6.54. The molecule has 1 aromatic heterocycles. The van der Waals surface area contributed by atoms with Crippen LogP contribution in [0.25, 0.3) is 0 Å². The Morgan fingerprint density at radius 3 is 2.59 bits per heavy atom. The van der Waals surface area contributed by atoms with Crippen molar-refractivity contribution < 1.29 is 9.53 Å². The zero-order valence-corrected chi connectivity index (χ0v) is 17.6. The van der Waals surface area contributed by atoms with Gasteiger partial charge in [-0.3, -0.25) is 4.79 Å². The molecule has 1 aliphatic heterocycles. The maximum Gasteiger partial charge on any atom is 0.220 e. The van der Waals surface area contributed by atoms with Crippen molar-refractivity contribution in [3.8, 4) is 0 Å². The molecule has 1 unspecified atom stereocenters. The minimum Gasteiger partial charge on any atom is -0.381 e. The molecule has 1 atom stereocenters. The van der Waals surface area contributed by atoms with Crippen molar-refractivity contribution >= 4 is 17.2 Å². The van der Waals surface area contributed by atoms with E-state index in [1.807, 2.05) is 11.6 Å². The summed E-state index contributed by atoms with van der Waals surface area (Å²) in [6, 6.07) is 0.718. The summed E-state index contributed by atoms with van der Waals surface area (Å²) < 4.78 is 5.44. The first-order chi connectivity index (χ1) is 13.1. The van der Waals surface area contributed by atoms with Crippen LogP contribution in [0.15, 0.2) is 11.6 Å². The molecule has 1 saturated heterocycles. The molecule has 0 bridgehead atoms. The highest BCUT2D eigenvalue weighted by Crippen LogP contribution is 2.37. The summed E-state index contributed by atoms with van der Waals surface area (Å²) in [4.78, 5) is 16.9. The van der Waals surface area contributed by atoms with Crippen LogP contribution in [0.1, 0.15) is 69.8 Å². The normalized spacial score (nSPS) is 25.4. The molecule has 1 saturated carbocycles. The van der Waals surface area contributed by atoms with Gasteiger partial charge in [-0.15, -0.1) is 11.3 Å². The van der Waals surface area contributed by atoms with Crippen molar-refractivity contribution in [3.63, 3.8) is 0 Å². The number of carbonyl (C=O) groups is 1. The largest absolute Gasteiger partial charge is 0.381 e. The van der Waals surface area contributed by atoms with Crippen molar-refractivity contribution in [3.05, 3.63) is 16.6 Å². The van der Waals surface area contributed by atoms with Crippen LogP contribution < -0.4 is 10.6 Å². The first-order valence-electron chi connectivity index (χ1n) is 10.6. The van der Waals surface area contributed by atoms with Gasteiger partial charge in [-0.25, -0.2) is 4.98 Å². The summed E-state index contributed by atoms with van der Waals surface area (Å²) in [5.41, 5.74) is 0. The highest BCUT2D eigenvalue weighted by molar-refractivity contribution is 7.09. The number of ether oxygens (including phenoxy) is 1. The van der Waals surface area contributed by atoms with Crippen LogP contribution in [-0.2, 0) is 9.53 Å². The van der Waals surface area contributed by atoms with Crippen LogP contribution in [0.5, 0.6) is 0 Å². The van der Waals surface area contributed by atoms with Crippen molar-refractivity contribution in [2.75, 3.05) is 19.8 Å². The van der Waals surface area contributed by atoms with Gasteiger partial charge in [0.2, 0.25) is 5.91 Å². The Kier molecular flexibility index (Phi) is 8.09. The van der Waals surface area contributed by atoms with Crippen molar-refractivity contribution in [2.45, 2.75) is 70.9 Å². The van der Waals surface area contributed by atoms with Crippen LogP contribution in [-0.4, -0.2) is 36.7 Å². The zero-order chi connectivity index (χ0) is 19.1. The number of rotatable bonds is 8. The molecule has 1 aliphatic carbocycles. The predicted molar refractivity (Wildman–Crippen MR) is 110 cm³/mol. The molecule has 3 rings (SSSR count). The van der Waals surface area contributed by atoms with Gasteiger partial charge in [-0.05, 0) is 62.8 Å². The molecular weight excluding hydrogens is 358 g/mol. The summed E-state index contributed by atoms with van der Waals surface area (Å²) in [7, 11) is 0. The molecule has 152 valence electrons. The van der Waals surface area contributed by atoms with E-state index in [0.717, 1.165) is 43.5 Å². The van der Waals surface area contributed by atoms with Gasteiger partial charge < -0.3 is 15.4 Å². The quantitative estimate of drug-likeness (QED) is 0.703. The first-order valence-corrected chi connectivity index (χ1v) is 11.5. The molecule has 2 N–H and O–H groups in total. The van der Waals surface area contributed by atoms with Gasteiger partial charge in [-0.1, -0.05) is 13.8 Å². The number of nitrogens with zero attached hydrogens (tertiary/aromatic N) is 1. The topological polar surface area (TPSA) is 63.2 Å². The van der Waals surface area contributed by atoms with E-state index in [1.165, 1.54) is 25.7 Å². The van der Waals surface area contributed by atoms with E-state index in [9.17, 15) is 4.79 Å². The summed E-state index contributed by atoms with van der Waals surface area (Å²) in [6.45, 7) is 7.11. The molecule has 5 nitrogen and oxygen atoms in total. The average molecular weight is 394 g/mol. The van der Waals surface area contributed by atoms with Crippen LogP contribution in [0.4, 0.5) is 0 Å². The fourth-order valence-electron chi connectivity index (χ4n) is 4.33. The van der Waals surface area contributed by atoms with Gasteiger partial charge in [0.1, 0.15) is 5.01 Å². The van der Waals surface area contributed by atoms with E-state index in [2.05, 4.69) is 29.5 Å². The smallest absolute Gasteiger partial charge is 0.220 e. The van der Waals surface area contributed by atoms with Crippen molar-refractivity contribution in [1.29, 1.82) is 0 Å². The lowest BCUT2D eigenvalue weighted by Gasteiger charge is -2.34. The number of thiazole rings is 1. The van der Waals surface area contributed by atoms with Crippen LogP contribution in [0.2, 0.25) is 0 Å². The molecule has 2 fully saturated rings. The number of hydrogen-bond acceptors (Lipinski definition) is 5. The Bertz CT molecular complexity index is 550. The molecule has 2 aliphatic rings. The van der Waals surface area contributed by atoms with E-state index in [-0.39, 0.29) is 11.9 Å². The number of nitrogens with one attached hydrogen (secondary N) is 2. The molecule has 1 aromatic rings. The first kappa shape index (κ1) is 20.7. The fraction of sp³-hybridized carbons (Fsp3) is 0.810. The Labute approximate surface area is 167 Å². The fourth-order valence-corrected chi connectivity index (χ4v) is 5.11. The minimum atomic E-state index is 0.0839. The average Bonchev–Trinajstić information content (AvgIpc) is 3.20. The van der Waals surface area contributed by atoms with Crippen LogP contribution in [0.3, 0.4) is 0 Å². The maximum atomic E-state index is 12.4. The number of carbonyl (C=O) groups excluding carboxylic acids is 1. The third-order valence-electron chi connectivity index (χ3n) is 5.91. The molecule has 1 amide bonds. The van der Waals surface area contributed by atoms with E-state index in [1.54, 1.807) is 11.3 Å². The molecule has 0 spiro atoms. The minimum absolute atomic E-state index is 0.0839. The molecule has 6 heteroatoms. The highest BCUT2D eigenvalue weighted by Gasteiger charge is 2.31. The molecule has 0 radical (unpaired) electrons. The van der Waals surface area contributed by atoms with Crippen molar-refractivity contribution in [1.82, 2.24) is 15.6 Å². The standard InChI is InChI=1S/C21H35N3O2S/c1-15(2)13-19(25)24-20(21-22-9-12-27-21)17-5-3-16(4-6-17)14-23-18-7-10-26-11-8-18/h9,12,15-18,20,23H,3-8,10-11,13-14H2,1-2H3,(H,24,25). The lowest BCUT2D eigenvalue weighted by molar-refractivity contribution is -0.123. The number of hydrogen-bond donors (Lipinski definition) is 2. The SMILES string of the molecule is CC(C)CC(=O)NC(c1nccs1)C1CCC(CNC2CCOCC2)CC1. The second-order valence-electron chi connectivity index (χ2n) is 8.59. The Balaban J connectivity index is 1.49. The van der Waals surface area contributed by atoms with Crippen molar-refractivity contribution in [2.24, 2.45) is 17.8 Å². The second kappa shape index (κ2) is 10.5. The molecule has 27 heavy (non-hydrogen) atoms. The van der Waals surface area contributed by atoms with Gasteiger partial charge in [0.05, 0.1) is 6.04 Å². The molecular formula is C21H35N3O2S. The zero-order valence-electron chi connectivity index (χ0n) is 16.8. The highest BCUT2D eigenvalue weighted by atomic mass is 32.1. The number of aromatic nitrogens is 1. The Morgan fingerprint density at radius 1 is 1.22 bits per heavy atom. The summed E-state index contributed by atoms with van der Waals surface area (Å²) in [5.74, 6) is 1.81. The Morgan fingerprint density at radius 2 is 1.96 bits per heavy atom. The van der Waals surface area contributed by atoms with Gasteiger partial charge in [0, 0.05) is 37.3 Å². The predicted octanol–water partition coefficient (Wildman–Crippen LogP) is 3.92. The van der Waals surface area contributed by atoms with Crippen LogP contribution in [0, 0.1) is 17.8 Å². The van der Waals surface area contributed by atoms with Crippen LogP contribution >= 0.6 is 11.3 Å². The summed E-state index contributed by atoms with van der Waals surface area (Å²) in [5, 5.41) is 10.1. The molecule has 2 heterocycles. The lowest BCUT2D eigenvalue weighted by atomic mass is 9.78. The van der Waals surface area contributed by atoms with Gasteiger partial charge in [0.25, 0.3) is 0 Å². The van der Waals surface area contributed by atoms with E-state index in [4.69, 9.17) is 4.74 Å². The van der Waals surface area contributed by atoms with E-state index >= 15 is 0 Å². The third-order valence-corrected chi connectivity index (χ3v) is 6.77. The van der Waals surface area contributed by atoms with E-state index < -0.39 is 0 Å². The summed E-state index contributed by atoms with van der Waals surface area (Å²) >= 11 is 1.67. The Hall–Kier alpha value is -0.980. The molecule has 0 aromatic carbocycles. The van der Waals surface area contributed by atoms with Gasteiger partial charge in [0.15, 0.2) is 0 Å². The second-order valence-corrected chi connectivity index (χ2v) is 9.52. The number of amides is 1. The van der Waals surface area contributed by atoms with Gasteiger partial charge >= 0.3 is 0 Å². The summed E-state index contributed by atoms with van der Waals surface area (Å²) in [6.07, 6.45) is 9.55. The monoisotopic (exact) mass is 393 g/mol. The van der Waals surface area contributed by atoms with Gasteiger partial charge in [-0.2, -0.15) is 0 Å².